The molecule has 17 heteroatoms. The van der Waals surface area contributed by atoms with Gasteiger partial charge in [-0.3, -0.25) is 14.4 Å². The average Bonchev–Trinajstić information content (AvgIpc) is 3.37. The first-order valence-corrected chi connectivity index (χ1v) is 29.0. The fourth-order valence-corrected chi connectivity index (χ4v) is 12.5. The first-order chi connectivity index (χ1) is 34.2. The van der Waals surface area contributed by atoms with E-state index in [9.17, 15) is 22.8 Å². The third kappa shape index (κ3) is 12.6. The van der Waals surface area contributed by atoms with Crippen LogP contribution in [0.15, 0.2) is 98.3 Å². The van der Waals surface area contributed by atoms with Crippen LogP contribution in [-0.4, -0.2) is 85.9 Å². The molecular weight excluding hydrogens is 959 g/mol. The normalized spacial score (nSPS) is 12.7. The van der Waals surface area contributed by atoms with Crippen molar-refractivity contribution in [3.8, 4) is 11.1 Å². The van der Waals surface area contributed by atoms with Gasteiger partial charge in [0.25, 0.3) is 5.56 Å². The number of carbonyl (C=O) groups excluding carboxylic acids is 2. The number of hydroxylamine groups is 2. The summed E-state index contributed by atoms with van der Waals surface area (Å²) in [7, 11) is -6.92. The molecule has 0 fully saturated rings. The zero-order chi connectivity index (χ0) is 51.3. The van der Waals surface area contributed by atoms with Crippen molar-refractivity contribution in [2.24, 2.45) is 7.05 Å². The van der Waals surface area contributed by atoms with Gasteiger partial charge in [0.1, 0.15) is 4.90 Å². The van der Waals surface area contributed by atoms with Crippen molar-refractivity contribution in [2.75, 3.05) is 44.6 Å². The van der Waals surface area contributed by atoms with Gasteiger partial charge >= 0.3 is 0 Å². The van der Waals surface area contributed by atoms with Crippen LogP contribution in [0.5, 0.6) is 0 Å². The number of hydrogen-bond donors (Lipinski definition) is 1. The van der Waals surface area contributed by atoms with Crippen molar-refractivity contribution in [1.82, 2.24) is 18.2 Å². The lowest BCUT2D eigenvalue weighted by Crippen LogP contribution is -2.35. The minimum Gasteiger partial charge on any atom is -0.354 e. The van der Waals surface area contributed by atoms with E-state index in [0.717, 1.165) is 76.5 Å². The Morgan fingerprint density at radius 3 is 1.70 bits per heavy atom. The van der Waals surface area contributed by atoms with Crippen LogP contribution in [0.3, 0.4) is 0 Å². The van der Waals surface area contributed by atoms with Crippen LogP contribution >= 0.6 is 12.0 Å². The smallest absolute Gasteiger partial charge is 0.262 e. The van der Waals surface area contributed by atoms with Gasteiger partial charge < -0.3 is 9.88 Å². The summed E-state index contributed by atoms with van der Waals surface area (Å²) in [4.78, 5) is 50.1. The molecule has 384 valence electrons. The average molecular weight is 1030 g/mol. The Hall–Kier alpha value is -4.72. The molecule has 0 aliphatic heterocycles. The van der Waals surface area contributed by atoms with Gasteiger partial charge in [0.15, 0.2) is 11.6 Å². The molecule has 0 unspecified atom stereocenters. The minimum atomic E-state index is -4.34. The van der Waals surface area contributed by atoms with Crippen LogP contribution < -0.4 is 10.9 Å². The van der Waals surface area contributed by atoms with Crippen molar-refractivity contribution in [3.05, 3.63) is 111 Å². The Morgan fingerprint density at radius 2 is 1.14 bits per heavy atom. The summed E-state index contributed by atoms with van der Waals surface area (Å²) in [6, 6.07) is 20.9. The monoisotopic (exact) mass is 1030 g/mol. The number of ketones is 2. The lowest BCUT2D eigenvalue weighted by Gasteiger charge is -2.27. The number of nitrogens with one attached hydrogen (secondary N) is 1. The molecule has 4 aromatic carbocycles. The van der Waals surface area contributed by atoms with E-state index in [4.69, 9.17) is 9.32 Å². The molecule has 6 rings (SSSR count). The number of sulfonamides is 2. The third-order valence-corrected chi connectivity index (χ3v) is 17.3. The Balaban J connectivity index is 1.48. The molecule has 1 heterocycles. The maximum atomic E-state index is 15.0. The van der Waals surface area contributed by atoms with Gasteiger partial charge in [-0.05, 0) is 98.7 Å². The summed E-state index contributed by atoms with van der Waals surface area (Å²) in [5.74, 6) is -0.949. The lowest BCUT2D eigenvalue weighted by molar-refractivity contribution is -0.360. The molecule has 0 bridgehead atoms. The Kier molecular flexibility index (Phi) is 20.2. The topological polar surface area (TPSA) is 165 Å². The van der Waals surface area contributed by atoms with Gasteiger partial charge in [0.05, 0.1) is 45.0 Å². The predicted octanol–water partition coefficient (Wildman–Crippen LogP) is 11.7. The number of nitrogens with zero attached hydrogens (tertiary/aromatic N) is 4. The maximum absolute atomic E-state index is 15.0. The summed E-state index contributed by atoms with van der Waals surface area (Å²) in [5.41, 5.74) is 1.33. The number of benzene rings is 4. The van der Waals surface area contributed by atoms with Crippen molar-refractivity contribution >= 4 is 65.9 Å². The zero-order valence-electron chi connectivity index (χ0n) is 42.4. The highest BCUT2D eigenvalue weighted by Crippen LogP contribution is 2.45. The van der Waals surface area contributed by atoms with Gasteiger partial charge in [-0.25, -0.2) is 16.8 Å². The number of hydrogen-bond acceptors (Lipinski definition) is 12. The molecule has 0 saturated carbocycles. The molecule has 1 aliphatic rings. The van der Waals surface area contributed by atoms with Gasteiger partial charge in [0.2, 0.25) is 20.0 Å². The van der Waals surface area contributed by atoms with Crippen molar-refractivity contribution < 1.29 is 35.7 Å². The van der Waals surface area contributed by atoms with Crippen LogP contribution in [0.25, 0.3) is 22.0 Å². The highest BCUT2D eigenvalue weighted by atomic mass is 32.2. The second-order valence-electron chi connectivity index (χ2n) is 18.1. The summed E-state index contributed by atoms with van der Waals surface area (Å²) >= 11 is 1.01. The minimum absolute atomic E-state index is 0.0718. The van der Waals surface area contributed by atoms with E-state index < -0.39 is 37.2 Å². The van der Waals surface area contributed by atoms with Gasteiger partial charge in [-0.2, -0.15) is 13.7 Å². The zero-order valence-corrected chi connectivity index (χ0v) is 44.9. The first kappa shape index (κ1) is 55.6. The van der Waals surface area contributed by atoms with Crippen molar-refractivity contribution in [1.29, 1.82) is 0 Å². The third-order valence-electron chi connectivity index (χ3n) is 12.9. The van der Waals surface area contributed by atoms with Crippen molar-refractivity contribution in [3.63, 3.8) is 0 Å². The standard InChI is InChI=1S/C54H71N5O9S3/c1-8-14-32-57(33-15-9-2)67-68-69-40-26-24-39(25-27-40)52(60)51-48-42-22-20-21-23-43(42)53(61)49-45(30-31-46(50(48)49)56(7)54(51)62)55-44-29-28-41(70(63,64)58(34-16-10-3)35-17-11-4)38-47(44)71(65,66)59(36-18-12-5)37-19-13-6/h20-31,38,55H,8-19,32-37H2,1-7H3. The first-order valence-electron chi connectivity index (χ1n) is 25.4. The molecule has 0 radical (unpaired) electrons. The number of anilines is 2. The van der Waals surface area contributed by atoms with Gasteiger partial charge in [0, 0.05) is 73.3 Å². The second-order valence-corrected chi connectivity index (χ2v) is 22.7. The molecule has 0 atom stereocenters. The van der Waals surface area contributed by atoms with Gasteiger partial charge in [-0.15, -0.1) is 9.32 Å². The largest absolute Gasteiger partial charge is 0.354 e. The van der Waals surface area contributed by atoms with E-state index in [2.05, 4.69) is 19.2 Å². The SMILES string of the molecule is CCCCN(CCCC)OOSc1ccc(C(=O)c2c3c4c(c(Nc5ccc(S(=O)(=O)N(CCCC)CCCC)cc5S(=O)(=O)N(CCCC)CCCC)ccc4n(C)c2=O)C(=O)c2ccccc2-3)cc1. The number of rotatable bonds is 30. The molecule has 0 spiro atoms. The lowest BCUT2D eigenvalue weighted by atomic mass is 9.80. The Bertz CT molecular complexity index is 2920. The number of pyridine rings is 1. The molecule has 71 heavy (non-hydrogen) atoms. The molecule has 1 N–H and O–H groups in total. The maximum Gasteiger partial charge on any atom is 0.262 e. The van der Waals surface area contributed by atoms with Crippen LogP contribution in [0, 0.1) is 0 Å². The molecule has 14 nitrogen and oxygen atoms in total. The number of aryl methyl sites for hydroxylation is 1. The molecule has 1 aromatic heterocycles. The van der Waals surface area contributed by atoms with E-state index in [0.29, 0.717) is 60.1 Å². The van der Waals surface area contributed by atoms with Crippen molar-refractivity contribution in [2.45, 2.75) is 133 Å². The highest BCUT2D eigenvalue weighted by Gasteiger charge is 2.36. The number of fused-ring (bicyclic) bond motifs is 2. The van der Waals surface area contributed by atoms with Crippen LogP contribution in [0.2, 0.25) is 0 Å². The quantitative estimate of drug-likeness (QED) is 0.0197. The summed E-state index contributed by atoms with van der Waals surface area (Å²) in [5, 5.41) is 5.43. The molecule has 1 aliphatic carbocycles. The van der Waals surface area contributed by atoms with Gasteiger partial charge in [-0.1, -0.05) is 104 Å². The number of carbonyl (C=O) groups is 2. The molecule has 0 saturated heterocycles. The second kappa shape index (κ2) is 25.8. The highest BCUT2D eigenvalue weighted by molar-refractivity contribution is 7.94. The van der Waals surface area contributed by atoms with E-state index in [1.165, 1.54) is 31.4 Å². The number of unbranched alkanes of at least 4 members (excludes halogenated alkanes) is 6. The Labute approximate surface area is 425 Å². The van der Waals surface area contributed by atoms with E-state index >= 15 is 8.42 Å². The van der Waals surface area contributed by atoms with Crippen LogP contribution in [-0.2, 0) is 36.4 Å². The fourth-order valence-electron chi connectivity index (χ4n) is 8.70. The van der Waals surface area contributed by atoms with E-state index in [-0.39, 0.29) is 62.1 Å². The Morgan fingerprint density at radius 1 is 0.620 bits per heavy atom. The molecular formula is C54H71N5O9S3. The predicted molar refractivity (Wildman–Crippen MR) is 284 cm³/mol. The van der Waals surface area contributed by atoms with Crippen LogP contribution in [0.4, 0.5) is 11.4 Å². The van der Waals surface area contributed by atoms with E-state index in [1.807, 2.05) is 27.7 Å². The number of aromatic nitrogens is 1. The van der Waals surface area contributed by atoms with E-state index in [1.54, 1.807) is 72.8 Å². The summed E-state index contributed by atoms with van der Waals surface area (Å²) in [6.07, 6.45) is 9.50. The molecule has 5 aromatic rings. The fraction of sp³-hybridized carbons (Fsp3) is 0.463. The summed E-state index contributed by atoms with van der Waals surface area (Å²) in [6.45, 7) is 14.7. The molecule has 0 amide bonds. The summed E-state index contributed by atoms with van der Waals surface area (Å²) < 4.78 is 68.7. The van der Waals surface area contributed by atoms with Crippen LogP contribution in [0.1, 0.15) is 150 Å².